The molecule has 1 atom stereocenters. The summed E-state index contributed by atoms with van der Waals surface area (Å²) in [6.45, 7) is 3.09. The molecular formula is C12H13BrClNS2. The predicted octanol–water partition coefficient (Wildman–Crippen LogP) is 4.95. The first-order valence-electron chi connectivity index (χ1n) is 5.34. The minimum atomic E-state index is 0.480. The van der Waals surface area contributed by atoms with E-state index in [4.69, 9.17) is 11.6 Å². The number of halogens is 2. The molecule has 0 saturated heterocycles. The molecule has 0 spiro atoms. The molecule has 2 heterocycles. The largest absolute Gasteiger partial charge is 0.309 e. The summed E-state index contributed by atoms with van der Waals surface area (Å²) >= 11 is 12.9. The fraction of sp³-hybridized carbons (Fsp3) is 0.333. The number of rotatable bonds is 5. The maximum absolute atomic E-state index is 6.01. The molecule has 0 fully saturated rings. The zero-order chi connectivity index (χ0) is 12.3. The molecule has 0 radical (unpaired) electrons. The zero-order valence-corrected chi connectivity index (χ0v) is 13.3. The predicted molar refractivity (Wildman–Crippen MR) is 81.4 cm³/mol. The Hall–Kier alpha value is 0.130. The topological polar surface area (TPSA) is 12.0 Å². The summed E-state index contributed by atoms with van der Waals surface area (Å²) in [7, 11) is 0. The maximum atomic E-state index is 6.01. The second-order valence-corrected chi connectivity index (χ2v) is 7.53. The van der Waals surface area contributed by atoms with Crippen LogP contribution >= 0.6 is 50.2 Å². The molecule has 0 bridgehead atoms. The lowest BCUT2D eigenvalue weighted by Gasteiger charge is -2.11. The van der Waals surface area contributed by atoms with E-state index in [1.54, 1.807) is 11.3 Å². The Morgan fingerprint density at radius 1 is 1.47 bits per heavy atom. The fourth-order valence-electron chi connectivity index (χ4n) is 1.56. The Balaban J connectivity index is 1.81. The third-order valence-electron chi connectivity index (χ3n) is 2.41. The van der Waals surface area contributed by atoms with Crippen molar-refractivity contribution in [2.75, 3.05) is 0 Å². The van der Waals surface area contributed by atoms with Gasteiger partial charge in [-0.05, 0) is 46.8 Å². The zero-order valence-electron chi connectivity index (χ0n) is 9.37. The number of hydrogen-bond acceptors (Lipinski definition) is 3. The molecule has 0 aliphatic rings. The van der Waals surface area contributed by atoms with Crippen molar-refractivity contribution in [1.82, 2.24) is 5.32 Å². The lowest BCUT2D eigenvalue weighted by atomic mass is 10.2. The van der Waals surface area contributed by atoms with Crippen molar-refractivity contribution < 1.29 is 0 Å². The van der Waals surface area contributed by atoms with E-state index in [1.165, 1.54) is 9.75 Å². The van der Waals surface area contributed by atoms with Crippen LogP contribution in [-0.4, -0.2) is 6.04 Å². The normalized spacial score (nSPS) is 12.9. The summed E-state index contributed by atoms with van der Waals surface area (Å²) < 4.78 is 1.82. The van der Waals surface area contributed by atoms with Crippen LogP contribution in [0.25, 0.3) is 0 Å². The summed E-state index contributed by atoms with van der Waals surface area (Å²) in [4.78, 5) is 2.69. The highest BCUT2D eigenvalue weighted by molar-refractivity contribution is 9.10. The van der Waals surface area contributed by atoms with Gasteiger partial charge in [0.1, 0.15) is 4.34 Å². The van der Waals surface area contributed by atoms with E-state index in [-0.39, 0.29) is 0 Å². The van der Waals surface area contributed by atoms with Crippen LogP contribution in [0.1, 0.15) is 16.7 Å². The number of hydrogen-bond donors (Lipinski definition) is 1. The second-order valence-electron chi connectivity index (χ2n) is 3.90. The summed E-state index contributed by atoms with van der Waals surface area (Å²) in [6.07, 6.45) is 1.08. The third-order valence-corrected chi connectivity index (χ3v) is 5.78. The third kappa shape index (κ3) is 4.07. The van der Waals surface area contributed by atoms with E-state index >= 15 is 0 Å². The molecule has 0 amide bonds. The smallest absolute Gasteiger partial charge is 0.107 e. The average Bonchev–Trinajstić information content (AvgIpc) is 2.87. The average molecular weight is 351 g/mol. The van der Waals surface area contributed by atoms with Crippen LogP contribution in [0.15, 0.2) is 28.1 Å². The Morgan fingerprint density at radius 2 is 2.29 bits per heavy atom. The SMILES string of the molecule is CC(Cc1cccs1)NCc1cc(Br)c(Cl)s1. The molecule has 2 rings (SSSR count). The molecule has 92 valence electrons. The molecule has 1 nitrogen and oxygen atoms in total. The van der Waals surface area contributed by atoms with E-state index in [0.717, 1.165) is 21.8 Å². The van der Waals surface area contributed by atoms with Gasteiger partial charge in [0.05, 0.1) is 0 Å². The van der Waals surface area contributed by atoms with E-state index < -0.39 is 0 Å². The van der Waals surface area contributed by atoms with E-state index in [1.807, 2.05) is 11.3 Å². The van der Waals surface area contributed by atoms with Gasteiger partial charge in [-0.3, -0.25) is 0 Å². The van der Waals surface area contributed by atoms with Crippen molar-refractivity contribution in [2.45, 2.75) is 25.9 Å². The highest BCUT2D eigenvalue weighted by atomic mass is 79.9. The first kappa shape index (κ1) is 13.6. The van der Waals surface area contributed by atoms with Crippen LogP contribution < -0.4 is 5.32 Å². The van der Waals surface area contributed by atoms with Gasteiger partial charge in [0.2, 0.25) is 0 Å². The van der Waals surface area contributed by atoms with Crippen LogP contribution in [0, 0.1) is 0 Å². The van der Waals surface area contributed by atoms with E-state index in [9.17, 15) is 0 Å². The molecule has 2 aromatic heterocycles. The molecule has 0 aromatic carbocycles. The molecule has 1 N–H and O–H groups in total. The minimum absolute atomic E-state index is 0.480. The van der Waals surface area contributed by atoms with Crippen molar-refractivity contribution in [3.8, 4) is 0 Å². The number of nitrogens with one attached hydrogen (secondary N) is 1. The van der Waals surface area contributed by atoms with Crippen LogP contribution in [0.2, 0.25) is 4.34 Å². The highest BCUT2D eigenvalue weighted by Crippen LogP contribution is 2.31. The molecule has 5 heteroatoms. The van der Waals surface area contributed by atoms with Gasteiger partial charge in [-0.2, -0.15) is 0 Å². The lowest BCUT2D eigenvalue weighted by molar-refractivity contribution is 0.552. The summed E-state index contributed by atoms with van der Waals surface area (Å²) in [5, 5.41) is 5.64. The summed E-state index contributed by atoms with van der Waals surface area (Å²) in [5.41, 5.74) is 0. The second kappa shape index (κ2) is 6.34. The van der Waals surface area contributed by atoms with Crippen molar-refractivity contribution >= 4 is 50.2 Å². The van der Waals surface area contributed by atoms with Crippen molar-refractivity contribution in [3.63, 3.8) is 0 Å². The van der Waals surface area contributed by atoms with Gasteiger partial charge < -0.3 is 5.32 Å². The Labute approximate surface area is 123 Å². The molecule has 0 saturated carbocycles. The van der Waals surface area contributed by atoms with Crippen LogP contribution in [0.3, 0.4) is 0 Å². The van der Waals surface area contributed by atoms with E-state index in [0.29, 0.717) is 6.04 Å². The maximum Gasteiger partial charge on any atom is 0.107 e. The Kier molecular flexibility index (Phi) is 5.06. The van der Waals surface area contributed by atoms with E-state index in [2.05, 4.69) is 51.7 Å². The van der Waals surface area contributed by atoms with Gasteiger partial charge in [0, 0.05) is 26.8 Å². The van der Waals surface area contributed by atoms with Gasteiger partial charge >= 0.3 is 0 Å². The van der Waals surface area contributed by atoms with Crippen LogP contribution in [0.5, 0.6) is 0 Å². The standard InChI is InChI=1S/C12H13BrClNS2/c1-8(5-9-3-2-4-16-9)15-7-10-6-11(13)12(14)17-10/h2-4,6,8,15H,5,7H2,1H3. The molecule has 0 aliphatic heterocycles. The van der Waals surface area contributed by atoms with Gasteiger partial charge in [0.15, 0.2) is 0 Å². The number of thiophene rings is 2. The molecule has 0 aliphatic carbocycles. The Morgan fingerprint density at radius 3 is 2.88 bits per heavy atom. The minimum Gasteiger partial charge on any atom is -0.309 e. The van der Waals surface area contributed by atoms with Gasteiger partial charge in [0.25, 0.3) is 0 Å². The summed E-state index contributed by atoms with van der Waals surface area (Å²) in [5.74, 6) is 0. The lowest BCUT2D eigenvalue weighted by Crippen LogP contribution is -2.26. The fourth-order valence-corrected chi connectivity index (χ4v) is 4.13. The van der Waals surface area contributed by atoms with Crippen molar-refractivity contribution in [1.29, 1.82) is 0 Å². The quantitative estimate of drug-likeness (QED) is 0.805. The molecular weight excluding hydrogens is 338 g/mol. The van der Waals surface area contributed by atoms with Crippen LogP contribution in [-0.2, 0) is 13.0 Å². The molecule has 2 aromatic rings. The van der Waals surface area contributed by atoms with Crippen LogP contribution in [0.4, 0.5) is 0 Å². The molecule has 17 heavy (non-hydrogen) atoms. The Bertz CT molecular complexity index is 447. The van der Waals surface area contributed by atoms with Gasteiger partial charge in [-0.15, -0.1) is 22.7 Å². The first-order valence-corrected chi connectivity index (χ1v) is 8.21. The molecule has 1 unspecified atom stereocenters. The summed E-state index contributed by atoms with van der Waals surface area (Å²) in [6, 6.07) is 6.84. The van der Waals surface area contributed by atoms with Crippen molar-refractivity contribution in [2.24, 2.45) is 0 Å². The van der Waals surface area contributed by atoms with Gasteiger partial charge in [-0.1, -0.05) is 17.7 Å². The highest BCUT2D eigenvalue weighted by Gasteiger charge is 2.07. The monoisotopic (exact) mass is 349 g/mol. The van der Waals surface area contributed by atoms with Crippen molar-refractivity contribution in [3.05, 3.63) is 42.1 Å². The first-order chi connectivity index (χ1) is 8.15. The van der Waals surface area contributed by atoms with Gasteiger partial charge in [-0.25, -0.2) is 0 Å².